The molecule has 1 fully saturated rings. The molecule has 7 nitrogen and oxygen atoms in total. The number of aromatic nitrogens is 2. The molecule has 1 atom stereocenters. The van der Waals surface area contributed by atoms with E-state index in [1.165, 1.54) is 0 Å². The molecule has 0 radical (unpaired) electrons. The van der Waals surface area contributed by atoms with E-state index < -0.39 is 6.04 Å². The maximum Gasteiger partial charge on any atom is 0.328 e. The summed E-state index contributed by atoms with van der Waals surface area (Å²) in [5.74, 6) is -0.311. The van der Waals surface area contributed by atoms with E-state index in [2.05, 4.69) is 14.9 Å². The number of imidazole rings is 1. The van der Waals surface area contributed by atoms with Crippen molar-refractivity contribution in [3.05, 3.63) is 64.9 Å². The highest BCUT2D eigenvalue weighted by Crippen LogP contribution is 2.26. The molecule has 2 aromatic carbocycles. The van der Waals surface area contributed by atoms with Gasteiger partial charge in [0.1, 0.15) is 6.04 Å². The summed E-state index contributed by atoms with van der Waals surface area (Å²) in [7, 11) is 0. The third kappa shape index (κ3) is 4.17. The summed E-state index contributed by atoms with van der Waals surface area (Å²) in [5, 5.41) is 0.617. The van der Waals surface area contributed by atoms with Gasteiger partial charge in [-0.05, 0) is 42.8 Å². The molecule has 4 rings (SSSR count). The molecule has 156 valence electrons. The third-order valence-electron chi connectivity index (χ3n) is 5.33. The first-order valence-electron chi connectivity index (χ1n) is 9.95. The molecular weight excluding hydrogens is 404 g/mol. The van der Waals surface area contributed by atoms with Crippen LogP contribution in [0.5, 0.6) is 0 Å². The summed E-state index contributed by atoms with van der Waals surface area (Å²) in [6, 6.07) is 12.2. The average molecular weight is 427 g/mol. The zero-order valence-corrected chi connectivity index (χ0v) is 17.4. The Balaban J connectivity index is 1.47. The van der Waals surface area contributed by atoms with E-state index in [0.29, 0.717) is 43.4 Å². The highest BCUT2D eigenvalue weighted by Gasteiger charge is 2.33. The Kier molecular flexibility index (Phi) is 6.01. The van der Waals surface area contributed by atoms with Crippen LogP contribution in [0.15, 0.2) is 48.8 Å². The molecule has 1 aromatic heterocycles. The number of piperazine rings is 1. The number of carbonyl (C=O) groups is 2. The van der Waals surface area contributed by atoms with E-state index in [-0.39, 0.29) is 11.9 Å². The van der Waals surface area contributed by atoms with Gasteiger partial charge in [0.05, 0.1) is 24.0 Å². The van der Waals surface area contributed by atoms with E-state index in [1.807, 2.05) is 29.2 Å². The quantitative estimate of drug-likeness (QED) is 0.633. The zero-order valence-electron chi connectivity index (χ0n) is 16.7. The van der Waals surface area contributed by atoms with Crippen LogP contribution in [0.3, 0.4) is 0 Å². The van der Waals surface area contributed by atoms with E-state index in [1.54, 1.807) is 31.5 Å². The number of nitrogens with zero attached hydrogens (tertiary/aromatic N) is 3. The zero-order chi connectivity index (χ0) is 21.1. The van der Waals surface area contributed by atoms with Crippen molar-refractivity contribution in [1.82, 2.24) is 19.8 Å². The highest BCUT2D eigenvalue weighted by atomic mass is 35.5. The maximum absolute atomic E-state index is 13.0. The number of benzene rings is 2. The smallest absolute Gasteiger partial charge is 0.328 e. The number of halogens is 1. The van der Waals surface area contributed by atoms with Crippen LogP contribution in [0.25, 0.3) is 11.0 Å². The van der Waals surface area contributed by atoms with Gasteiger partial charge in [0.15, 0.2) is 0 Å². The summed E-state index contributed by atoms with van der Waals surface area (Å²) < 4.78 is 5.32. The molecule has 3 aromatic rings. The van der Waals surface area contributed by atoms with Crippen LogP contribution in [0.2, 0.25) is 5.02 Å². The van der Waals surface area contributed by atoms with Crippen LogP contribution in [-0.4, -0.2) is 64.4 Å². The molecule has 8 heteroatoms. The Labute approximate surface area is 179 Å². The summed E-state index contributed by atoms with van der Waals surface area (Å²) in [6.07, 6.45) is 1.62. The molecule has 1 aliphatic rings. The minimum atomic E-state index is -0.513. The van der Waals surface area contributed by atoms with Crippen LogP contribution in [0.1, 0.15) is 28.9 Å². The minimum absolute atomic E-state index is 0.0228. The second-order valence-corrected chi connectivity index (χ2v) is 7.61. The Bertz CT molecular complexity index is 1040. The topological polar surface area (TPSA) is 78.5 Å². The number of amides is 1. The van der Waals surface area contributed by atoms with Gasteiger partial charge in [0.2, 0.25) is 0 Å². The van der Waals surface area contributed by atoms with Crippen molar-refractivity contribution in [2.24, 2.45) is 0 Å². The number of nitrogens with one attached hydrogen (secondary N) is 1. The molecule has 1 saturated heterocycles. The lowest BCUT2D eigenvalue weighted by Crippen LogP contribution is -2.51. The summed E-state index contributed by atoms with van der Waals surface area (Å²) in [4.78, 5) is 36.7. The number of hydrogen-bond donors (Lipinski definition) is 1. The molecule has 30 heavy (non-hydrogen) atoms. The SMILES string of the molecule is CCOC(=O)[C@@H](c1ccc(Cl)cc1)N1CCN(C(=O)c2ccc3nc[nH]c3c2)CC1. The van der Waals surface area contributed by atoms with Gasteiger partial charge >= 0.3 is 5.97 Å². The number of carbonyl (C=O) groups excluding carboxylic acids is 2. The molecule has 1 amide bonds. The van der Waals surface area contributed by atoms with Crippen LogP contribution in [0.4, 0.5) is 0 Å². The van der Waals surface area contributed by atoms with E-state index >= 15 is 0 Å². The van der Waals surface area contributed by atoms with Crippen molar-refractivity contribution in [1.29, 1.82) is 0 Å². The van der Waals surface area contributed by atoms with Crippen molar-refractivity contribution >= 4 is 34.5 Å². The summed E-state index contributed by atoms with van der Waals surface area (Å²) in [6.45, 7) is 4.32. The van der Waals surface area contributed by atoms with Crippen LogP contribution < -0.4 is 0 Å². The molecule has 0 aliphatic carbocycles. The molecule has 0 bridgehead atoms. The third-order valence-corrected chi connectivity index (χ3v) is 5.58. The lowest BCUT2D eigenvalue weighted by atomic mass is 10.0. The molecule has 0 spiro atoms. The Hall–Kier alpha value is -2.90. The van der Waals surface area contributed by atoms with Crippen molar-refractivity contribution in [3.63, 3.8) is 0 Å². The first-order valence-corrected chi connectivity index (χ1v) is 10.3. The Morgan fingerprint density at radius 3 is 2.57 bits per heavy atom. The van der Waals surface area contributed by atoms with Gasteiger partial charge in [-0.1, -0.05) is 23.7 Å². The number of ether oxygens (including phenoxy) is 1. The number of H-pyrrole nitrogens is 1. The van der Waals surface area contributed by atoms with E-state index in [0.717, 1.165) is 16.6 Å². The Morgan fingerprint density at radius 2 is 1.87 bits per heavy atom. The van der Waals surface area contributed by atoms with Crippen LogP contribution in [0, 0.1) is 0 Å². The van der Waals surface area contributed by atoms with Gasteiger partial charge in [-0.2, -0.15) is 0 Å². The van der Waals surface area contributed by atoms with E-state index in [9.17, 15) is 9.59 Å². The van der Waals surface area contributed by atoms with Crippen molar-refractivity contribution < 1.29 is 14.3 Å². The van der Waals surface area contributed by atoms with Gasteiger partial charge in [-0.25, -0.2) is 9.78 Å². The van der Waals surface area contributed by atoms with Gasteiger partial charge < -0.3 is 14.6 Å². The number of hydrogen-bond acceptors (Lipinski definition) is 5. The van der Waals surface area contributed by atoms with Crippen LogP contribution in [-0.2, 0) is 9.53 Å². The molecule has 2 heterocycles. The molecule has 0 unspecified atom stereocenters. The summed E-state index contributed by atoms with van der Waals surface area (Å²) in [5.41, 5.74) is 3.13. The lowest BCUT2D eigenvalue weighted by Gasteiger charge is -2.38. The fourth-order valence-corrected chi connectivity index (χ4v) is 3.92. The van der Waals surface area contributed by atoms with Crippen molar-refractivity contribution in [2.45, 2.75) is 13.0 Å². The second kappa shape index (κ2) is 8.85. The largest absolute Gasteiger partial charge is 0.465 e. The summed E-state index contributed by atoms with van der Waals surface area (Å²) >= 11 is 6.00. The van der Waals surface area contributed by atoms with Gasteiger partial charge in [-0.3, -0.25) is 9.69 Å². The fraction of sp³-hybridized carbons (Fsp3) is 0.318. The second-order valence-electron chi connectivity index (χ2n) is 7.17. The van der Waals surface area contributed by atoms with Crippen molar-refractivity contribution in [3.8, 4) is 0 Å². The van der Waals surface area contributed by atoms with E-state index in [4.69, 9.17) is 16.3 Å². The van der Waals surface area contributed by atoms with Crippen molar-refractivity contribution in [2.75, 3.05) is 32.8 Å². The number of aromatic amines is 1. The van der Waals surface area contributed by atoms with Gasteiger partial charge in [0, 0.05) is 36.8 Å². The highest BCUT2D eigenvalue weighted by molar-refractivity contribution is 6.30. The normalized spacial score (nSPS) is 15.9. The number of esters is 1. The first-order chi connectivity index (χ1) is 14.6. The first kappa shape index (κ1) is 20.4. The fourth-order valence-electron chi connectivity index (χ4n) is 3.80. The Morgan fingerprint density at radius 1 is 1.13 bits per heavy atom. The monoisotopic (exact) mass is 426 g/mol. The number of fused-ring (bicyclic) bond motifs is 1. The number of rotatable bonds is 5. The molecular formula is C22H23ClN4O3. The average Bonchev–Trinajstić information content (AvgIpc) is 3.23. The minimum Gasteiger partial charge on any atom is -0.465 e. The standard InChI is InChI=1S/C22H23ClN4O3/c1-2-30-22(29)20(15-3-6-17(23)7-4-15)26-9-11-27(12-10-26)21(28)16-5-8-18-19(13-16)25-14-24-18/h3-8,13-14,20H,2,9-12H2,1H3,(H,24,25)/t20-/m1/s1. The predicted molar refractivity (Wildman–Crippen MR) is 114 cm³/mol. The molecule has 1 aliphatic heterocycles. The van der Waals surface area contributed by atoms with Gasteiger partial charge in [-0.15, -0.1) is 0 Å². The lowest BCUT2D eigenvalue weighted by molar-refractivity contribution is -0.150. The maximum atomic E-state index is 13.0. The molecule has 1 N–H and O–H groups in total. The predicted octanol–water partition coefficient (Wildman–Crippen LogP) is 3.28. The van der Waals surface area contributed by atoms with Gasteiger partial charge in [0.25, 0.3) is 5.91 Å². The molecule has 0 saturated carbocycles. The van der Waals surface area contributed by atoms with Crippen LogP contribution >= 0.6 is 11.6 Å².